The van der Waals surface area contributed by atoms with Crippen LogP contribution in [-0.4, -0.2) is 16.8 Å². The van der Waals surface area contributed by atoms with Crippen molar-refractivity contribution in [1.29, 1.82) is 0 Å². The summed E-state index contributed by atoms with van der Waals surface area (Å²) >= 11 is 1.59. The molecule has 1 amide bonds. The summed E-state index contributed by atoms with van der Waals surface area (Å²) < 4.78 is 0. The van der Waals surface area contributed by atoms with E-state index in [0.29, 0.717) is 11.6 Å². The first kappa shape index (κ1) is 13.9. The number of carbonyl (C=O) groups excluding carboxylic acids is 1. The fraction of sp³-hybridized carbons (Fsp3) is 0.429. The monoisotopic (exact) mass is 277 g/mol. The molecule has 2 rings (SSSR count). The van der Waals surface area contributed by atoms with E-state index in [1.807, 2.05) is 31.2 Å². The third-order valence-corrected chi connectivity index (χ3v) is 4.08. The van der Waals surface area contributed by atoms with Gasteiger partial charge in [-0.3, -0.25) is 9.79 Å². The lowest BCUT2D eigenvalue weighted by Gasteiger charge is -2.30. The minimum absolute atomic E-state index is 0.0181. The Hall–Kier alpha value is -1.49. The van der Waals surface area contributed by atoms with Crippen LogP contribution < -0.4 is 11.1 Å². The molecule has 0 aromatic heterocycles. The molecule has 0 bridgehead atoms. The summed E-state index contributed by atoms with van der Waals surface area (Å²) in [4.78, 5) is 16.0. The first-order valence-electron chi connectivity index (χ1n) is 6.42. The first-order chi connectivity index (χ1) is 9.03. The largest absolute Gasteiger partial charge is 0.379 e. The molecule has 1 aliphatic rings. The lowest BCUT2D eigenvalue weighted by molar-refractivity contribution is -0.115. The molecule has 0 saturated carbocycles. The van der Waals surface area contributed by atoms with Crippen molar-refractivity contribution in [2.75, 3.05) is 11.1 Å². The van der Waals surface area contributed by atoms with Gasteiger partial charge in [-0.15, -0.1) is 0 Å². The van der Waals surface area contributed by atoms with Gasteiger partial charge < -0.3 is 11.1 Å². The van der Waals surface area contributed by atoms with Crippen LogP contribution >= 0.6 is 11.8 Å². The highest BCUT2D eigenvalue weighted by molar-refractivity contribution is 8.13. The Bertz CT molecular complexity index is 515. The molecule has 0 radical (unpaired) electrons. The summed E-state index contributed by atoms with van der Waals surface area (Å²) in [7, 11) is 0. The molecule has 0 aliphatic carbocycles. The van der Waals surface area contributed by atoms with Gasteiger partial charge in [0.25, 0.3) is 0 Å². The summed E-state index contributed by atoms with van der Waals surface area (Å²) in [5.41, 5.74) is 7.45. The normalized spacial score (nSPS) is 22.7. The third-order valence-electron chi connectivity index (χ3n) is 3.29. The van der Waals surface area contributed by atoms with Crippen LogP contribution in [0.25, 0.3) is 0 Å². The Morgan fingerprint density at radius 2 is 2.37 bits per heavy atom. The number of hydrogen-bond donors (Lipinski definition) is 2. The number of rotatable bonds is 3. The number of amides is 1. The van der Waals surface area contributed by atoms with Crippen LogP contribution in [0.5, 0.6) is 0 Å². The van der Waals surface area contributed by atoms with E-state index >= 15 is 0 Å². The minimum atomic E-state index is -0.289. The second-order valence-corrected chi connectivity index (χ2v) is 5.92. The van der Waals surface area contributed by atoms with Crippen molar-refractivity contribution in [3.8, 4) is 0 Å². The van der Waals surface area contributed by atoms with Gasteiger partial charge in [0.15, 0.2) is 5.17 Å². The molecule has 1 aromatic carbocycles. The van der Waals surface area contributed by atoms with Gasteiger partial charge in [-0.2, -0.15) is 0 Å². The molecule has 1 heterocycles. The van der Waals surface area contributed by atoms with Crippen LogP contribution in [0.4, 0.5) is 5.69 Å². The first-order valence-corrected chi connectivity index (χ1v) is 7.40. The minimum Gasteiger partial charge on any atom is -0.379 e. The molecule has 102 valence electrons. The van der Waals surface area contributed by atoms with Crippen molar-refractivity contribution in [3.63, 3.8) is 0 Å². The molecular weight excluding hydrogens is 258 g/mol. The van der Waals surface area contributed by atoms with Crippen molar-refractivity contribution < 1.29 is 4.79 Å². The van der Waals surface area contributed by atoms with Gasteiger partial charge in [0, 0.05) is 17.9 Å². The SMILES string of the molecule is CCC(=O)Nc1cccc(C2(C)CCSC(N)=N2)c1. The maximum Gasteiger partial charge on any atom is 0.224 e. The Morgan fingerprint density at radius 3 is 3.05 bits per heavy atom. The fourth-order valence-corrected chi connectivity index (χ4v) is 3.05. The summed E-state index contributed by atoms with van der Waals surface area (Å²) in [5.74, 6) is 0.988. The summed E-state index contributed by atoms with van der Waals surface area (Å²) in [6.45, 7) is 3.92. The van der Waals surface area contributed by atoms with Crippen molar-refractivity contribution in [2.45, 2.75) is 32.2 Å². The van der Waals surface area contributed by atoms with E-state index in [9.17, 15) is 4.79 Å². The van der Waals surface area contributed by atoms with Crippen LogP contribution in [0, 0.1) is 0 Å². The van der Waals surface area contributed by atoms with E-state index in [1.165, 1.54) is 0 Å². The van der Waals surface area contributed by atoms with E-state index in [4.69, 9.17) is 5.73 Å². The smallest absolute Gasteiger partial charge is 0.224 e. The summed E-state index contributed by atoms with van der Waals surface area (Å²) in [5, 5.41) is 3.51. The zero-order valence-electron chi connectivity index (χ0n) is 11.3. The number of nitrogens with two attached hydrogens (primary N) is 1. The molecule has 4 nitrogen and oxygen atoms in total. The van der Waals surface area contributed by atoms with Crippen molar-refractivity contribution in [2.24, 2.45) is 10.7 Å². The van der Waals surface area contributed by atoms with Gasteiger partial charge in [-0.05, 0) is 31.0 Å². The highest BCUT2D eigenvalue weighted by Crippen LogP contribution is 2.35. The maximum absolute atomic E-state index is 11.4. The number of amidine groups is 1. The molecular formula is C14H19N3OS. The molecule has 19 heavy (non-hydrogen) atoms. The molecule has 5 heteroatoms. The van der Waals surface area contributed by atoms with Crippen molar-refractivity contribution >= 4 is 28.5 Å². The van der Waals surface area contributed by atoms with Gasteiger partial charge in [0.2, 0.25) is 5.91 Å². The standard InChI is InChI=1S/C14H19N3OS/c1-3-12(18)16-11-6-4-5-10(9-11)14(2)7-8-19-13(15)17-14/h4-6,9H,3,7-8H2,1-2H3,(H2,15,17)(H,16,18). The van der Waals surface area contributed by atoms with Gasteiger partial charge in [0.1, 0.15) is 0 Å². The maximum atomic E-state index is 11.4. The van der Waals surface area contributed by atoms with Gasteiger partial charge in [-0.1, -0.05) is 30.8 Å². The van der Waals surface area contributed by atoms with Gasteiger partial charge in [-0.25, -0.2) is 0 Å². The lowest BCUT2D eigenvalue weighted by Crippen LogP contribution is -2.28. The predicted molar refractivity (Wildman–Crippen MR) is 81.4 cm³/mol. The molecule has 1 aromatic rings. The zero-order chi connectivity index (χ0) is 13.9. The van der Waals surface area contributed by atoms with Crippen LogP contribution in [0.1, 0.15) is 32.3 Å². The number of anilines is 1. The number of thioether (sulfide) groups is 1. The quantitative estimate of drug-likeness (QED) is 0.892. The highest BCUT2D eigenvalue weighted by Gasteiger charge is 2.29. The number of hydrogen-bond acceptors (Lipinski definition) is 4. The molecule has 1 atom stereocenters. The Labute approximate surface area is 117 Å². The van der Waals surface area contributed by atoms with Gasteiger partial charge >= 0.3 is 0 Å². The highest BCUT2D eigenvalue weighted by atomic mass is 32.2. The van der Waals surface area contributed by atoms with Crippen LogP contribution in [-0.2, 0) is 10.3 Å². The molecule has 0 saturated heterocycles. The second kappa shape index (κ2) is 5.65. The fourth-order valence-electron chi connectivity index (χ4n) is 2.08. The van der Waals surface area contributed by atoms with Crippen molar-refractivity contribution in [1.82, 2.24) is 0 Å². The Kier molecular flexibility index (Phi) is 4.14. The Morgan fingerprint density at radius 1 is 1.58 bits per heavy atom. The second-order valence-electron chi connectivity index (χ2n) is 4.80. The third kappa shape index (κ3) is 3.29. The van der Waals surface area contributed by atoms with Gasteiger partial charge in [0.05, 0.1) is 5.54 Å². The number of nitrogens with one attached hydrogen (secondary N) is 1. The van der Waals surface area contributed by atoms with E-state index in [2.05, 4.69) is 17.2 Å². The Balaban J connectivity index is 2.28. The van der Waals surface area contributed by atoms with E-state index in [1.54, 1.807) is 11.8 Å². The average Bonchev–Trinajstić information content (AvgIpc) is 2.38. The topological polar surface area (TPSA) is 67.5 Å². The van der Waals surface area contributed by atoms with Crippen LogP contribution in [0.3, 0.4) is 0 Å². The number of nitrogens with zero attached hydrogens (tertiary/aromatic N) is 1. The van der Waals surface area contributed by atoms with Crippen LogP contribution in [0.15, 0.2) is 29.3 Å². The molecule has 1 aliphatic heterocycles. The molecule has 0 fully saturated rings. The van der Waals surface area contributed by atoms with Crippen LogP contribution in [0.2, 0.25) is 0 Å². The lowest BCUT2D eigenvalue weighted by atomic mass is 9.89. The van der Waals surface area contributed by atoms with E-state index < -0.39 is 0 Å². The summed E-state index contributed by atoms with van der Waals surface area (Å²) in [6.07, 6.45) is 1.42. The molecule has 0 spiro atoms. The number of aliphatic imine (C=N–C) groups is 1. The van der Waals surface area contributed by atoms with E-state index in [-0.39, 0.29) is 11.4 Å². The zero-order valence-corrected chi connectivity index (χ0v) is 12.1. The number of carbonyl (C=O) groups is 1. The van der Waals surface area contributed by atoms with E-state index in [0.717, 1.165) is 23.4 Å². The number of benzene rings is 1. The predicted octanol–water partition coefficient (Wildman–Crippen LogP) is 2.70. The molecule has 1 unspecified atom stereocenters. The summed E-state index contributed by atoms with van der Waals surface area (Å²) in [6, 6.07) is 7.86. The molecule has 3 N–H and O–H groups in total. The average molecular weight is 277 g/mol. The van der Waals surface area contributed by atoms with Crippen molar-refractivity contribution in [3.05, 3.63) is 29.8 Å².